The molecule has 0 saturated carbocycles. The largest absolute Gasteiger partial charge is 0.459 e. The quantitative estimate of drug-likeness (QED) is 0.658. The number of rotatable bonds is 5. The molecule has 0 fully saturated rings. The summed E-state index contributed by atoms with van der Waals surface area (Å²) < 4.78 is 6.67. The van der Waals surface area contributed by atoms with Crippen molar-refractivity contribution in [1.82, 2.24) is 9.38 Å². The van der Waals surface area contributed by atoms with Crippen LogP contribution in [0.4, 0.5) is 0 Å². The molecule has 2 aromatic heterocycles. The lowest BCUT2D eigenvalue weighted by molar-refractivity contribution is -0.149. The smallest absolute Gasteiger partial charge is 0.309 e. The number of halogens is 1. The first-order valence-corrected chi connectivity index (χ1v) is 8.29. The van der Waals surface area contributed by atoms with Crippen molar-refractivity contribution in [3.8, 4) is 0 Å². The second kappa shape index (κ2) is 7.49. The number of pyridine rings is 1. The fraction of sp³-hybridized carbons (Fsp3) is 0.211. The fourth-order valence-electron chi connectivity index (χ4n) is 2.54. The summed E-state index contributed by atoms with van der Waals surface area (Å²) in [5, 5.41) is 0.449. The van der Waals surface area contributed by atoms with Crippen LogP contribution in [0.25, 0.3) is 5.65 Å². The van der Waals surface area contributed by atoms with Gasteiger partial charge in [-0.05, 0) is 24.1 Å². The van der Waals surface area contributed by atoms with Crippen LogP contribution >= 0.6 is 11.6 Å². The predicted octanol–water partition coefficient (Wildman–Crippen LogP) is 3.27. The van der Waals surface area contributed by atoms with Gasteiger partial charge in [-0.25, -0.2) is 4.98 Å². The van der Waals surface area contributed by atoms with Crippen LogP contribution in [0.15, 0.2) is 59.5 Å². The zero-order valence-corrected chi connectivity index (χ0v) is 14.4. The van der Waals surface area contributed by atoms with Crippen molar-refractivity contribution < 1.29 is 9.53 Å². The minimum Gasteiger partial charge on any atom is -0.459 e. The van der Waals surface area contributed by atoms with Crippen LogP contribution < -0.4 is 5.56 Å². The van der Waals surface area contributed by atoms with Gasteiger partial charge in [-0.3, -0.25) is 14.0 Å². The summed E-state index contributed by atoms with van der Waals surface area (Å²) in [7, 11) is 0. The fourth-order valence-corrected chi connectivity index (χ4v) is 2.70. The van der Waals surface area contributed by atoms with E-state index in [9.17, 15) is 9.59 Å². The number of benzene rings is 1. The number of carbonyl (C=O) groups excluding carboxylic acids is 1. The Morgan fingerprint density at radius 1 is 1.24 bits per heavy atom. The molecule has 2 heterocycles. The Morgan fingerprint density at radius 2 is 2.00 bits per heavy atom. The van der Waals surface area contributed by atoms with Crippen LogP contribution in [0.3, 0.4) is 0 Å². The summed E-state index contributed by atoms with van der Waals surface area (Å²) in [5.41, 5.74) is 1.68. The summed E-state index contributed by atoms with van der Waals surface area (Å²) in [6.45, 7) is 1.78. The van der Waals surface area contributed by atoms with Crippen molar-refractivity contribution in [3.63, 3.8) is 0 Å². The third-order valence-electron chi connectivity index (χ3n) is 3.83. The summed E-state index contributed by atoms with van der Waals surface area (Å²) in [5.74, 6) is -0.593. The molecule has 3 rings (SSSR count). The van der Waals surface area contributed by atoms with Gasteiger partial charge in [0.15, 0.2) is 0 Å². The zero-order valence-electron chi connectivity index (χ0n) is 13.7. The molecule has 0 amide bonds. The topological polar surface area (TPSA) is 60.7 Å². The molecular formula is C19H17ClN2O3. The van der Waals surface area contributed by atoms with E-state index in [2.05, 4.69) is 4.98 Å². The Bertz CT molecular complexity index is 954. The van der Waals surface area contributed by atoms with Gasteiger partial charge in [0.25, 0.3) is 5.56 Å². The third-order valence-corrected chi connectivity index (χ3v) is 4.05. The molecule has 0 saturated heterocycles. The highest BCUT2D eigenvalue weighted by Gasteiger charge is 2.16. The third kappa shape index (κ3) is 4.25. The number of hydrogen-bond acceptors (Lipinski definition) is 4. The molecule has 0 aliphatic carbocycles. The van der Waals surface area contributed by atoms with Gasteiger partial charge in [0, 0.05) is 12.3 Å². The van der Waals surface area contributed by atoms with Crippen LogP contribution in [0.2, 0.25) is 5.02 Å². The summed E-state index contributed by atoms with van der Waals surface area (Å²) >= 11 is 5.88. The van der Waals surface area contributed by atoms with Gasteiger partial charge in [0.05, 0.1) is 16.6 Å². The Kier molecular flexibility index (Phi) is 5.14. The van der Waals surface area contributed by atoms with E-state index in [0.29, 0.717) is 22.8 Å². The monoisotopic (exact) mass is 356 g/mol. The van der Waals surface area contributed by atoms with Gasteiger partial charge < -0.3 is 4.74 Å². The van der Waals surface area contributed by atoms with Gasteiger partial charge >= 0.3 is 5.97 Å². The molecule has 0 aliphatic rings. The Labute approximate surface area is 149 Å². The van der Waals surface area contributed by atoms with Gasteiger partial charge in [-0.15, -0.1) is 0 Å². The standard InChI is InChI=1S/C19H17ClN2O3/c1-13(9-14-5-3-2-4-6-14)19(24)25-12-16-10-18(23)22-11-15(20)7-8-17(22)21-16/h2-8,10-11,13H,9,12H2,1H3. The van der Waals surface area contributed by atoms with E-state index in [1.165, 1.54) is 16.7 Å². The molecule has 1 aromatic carbocycles. The number of carbonyl (C=O) groups is 1. The average molecular weight is 357 g/mol. The molecule has 0 spiro atoms. The van der Waals surface area contributed by atoms with Crippen LogP contribution in [0.5, 0.6) is 0 Å². The molecule has 6 heteroatoms. The molecule has 0 N–H and O–H groups in total. The minimum atomic E-state index is -0.318. The molecule has 0 bridgehead atoms. The van der Waals surface area contributed by atoms with Gasteiger partial charge in [0.2, 0.25) is 0 Å². The number of aromatic nitrogens is 2. The number of ether oxygens (including phenoxy) is 1. The first kappa shape index (κ1) is 17.2. The lowest BCUT2D eigenvalue weighted by Crippen LogP contribution is -2.19. The zero-order chi connectivity index (χ0) is 17.8. The number of fused-ring (bicyclic) bond motifs is 1. The average Bonchev–Trinajstić information content (AvgIpc) is 2.61. The van der Waals surface area contributed by atoms with Gasteiger partial charge in [0.1, 0.15) is 12.3 Å². The van der Waals surface area contributed by atoms with Crippen molar-refractivity contribution in [2.75, 3.05) is 0 Å². The molecule has 25 heavy (non-hydrogen) atoms. The van der Waals surface area contributed by atoms with Crippen LogP contribution in [0.1, 0.15) is 18.2 Å². The van der Waals surface area contributed by atoms with Crippen molar-refractivity contribution in [3.05, 3.63) is 81.4 Å². The first-order chi connectivity index (χ1) is 12.0. The summed E-state index contributed by atoms with van der Waals surface area (Å²) in [6, 6.07) is 14.4. The number of esters is 1. The number of hydrogen-bond donors (Lipinski definition) is 0. The highest BCUT2D eigenvalue weighted by Crippen LogP contribution is 2.12. The van der Waals surface area contributed by atoms with Crippen molar-refractivity contribution in [2.24, 2.45) is 5.92 Å². The van der Waals surface area contributed by atoms with Gasteiger partial charge in [-0.2, -0.15) is 0 Å². The maximum absolute atomic E-state index is 12.2. The molecule has 1 unspecified atom stereocenters. The highest BCUT2D eigenvalue weighted by molar-refractivity contribution is 6.30. The Morgan fingerprint density at radius 3 is 2.76 bits per heavy atom. The normalized spacial score (nSPS) is 12.1. The lowest BCUT2D eigenvalue weighted by Gasteiger charge is -2.11. The molecule has 0 radical (unpaired) electrons. The molecule has 3 aromatic rings. The lowest BCUT2D eigenvalue weighted by atomic mass is 10.0. The highest BCUT2D eigenvalue weighted by atomic mass is 35.5. The van der Waals surface area contributed by atoms with Gasteiger partial charge in [-0.1, -0.05) is 48.9 Å². The first-order valence-electron chi connectivity index (χ1n) is 7.91. The molecule has 0 aliphatic heterocycles. The van der Waals surface area contributed by atoms with Crippen LogP contribution in [0, 0.1) is 5.92 Å². The van der Waals surface area contributed by atoms with Crippen molar-refractivity contribution in [1.29, 1.82) is 0 Å². The Balaban J connectivity index is 1.66. The second-order valence-electron chi connectivity index (χ2n) is 5.86. The van der Waals surface area contributed by atoms with Crippen molar-refractivity contribution >= 4 is 23.2 Å². The van der Waals surface area contributed by atoms with Crippen LogP contribution in [-0.2, 0) is 22.6 Å². The van der Waals surface area contributed by atoms with E-state index in [4.69, 9.17) is 16.3 Å². The van der Waals surface area contributed by atoms with E-state index in [-0.39, 0.29) is 24.1 Å². The molecule has 5 nitrogen and oxygen atoms in total. The maximum Gasteiger partial charge on any atom is 0.309 e. The minimum absolute atomic E-state index is 0.0354. The van der Waals surface area contributed by atoms with E-state index in [0.717, 1.165) is 5.56 Å². The summed E-state index contributed by atoms with van der Waals surface area (Å²) in [4.78, 5) is 28.6. The van der Waals surface area contributed by atoms with E-state index >= 15 is 0 Å². The second-order valence-corrected chi connectivity index (χ2v) is 6.30. The predicted molar refractivity (Wildman–Crippen MR) is 95.6 cm³/mol. The van der Waals surface area contributed by atoms with Crippen molar-refractivity contribution in [2.45, 2.75) is 20.0 Å². The molecule has 128 valence electrons. The maximum atomic E-state index is 12.2. The Hall–Kier alpha value is -2.66. The van der Waals surface area contributed by atoms with E-state index in [1.807, 2.05) is 37.3 Å². The summed E-state index contributed by atoms with van der Waals surface area (Å²) in [6.07, 6.45) is 2.11. The molecular weight excluding hydrogens is 340 g/mol. The molecule has 1 atom stereocenters. The van der Waals surface area contributed by atoms with E-state index in [1.54, 1.807) is 12.1 Å². The van der Waals surface area contributed by atoms with E-state index < -0.39 is 0 Å². The number of nitrogens with zero attached hydrogens (tertiary/aromatic N) is 2. The van der Waals surface area contributed by atoms with Crippen LogP contribution in [-0.4, -0.2) is 15.4 Å². The SMILES string of the molecule is CC(Cc1ccccc1)C(=O)OCc1cc(=O)n2cc(Cl)ccc2n1.